The molecule has 0 atom stereocenters. The number of para-hydroxylation sites is 1. The van der Waals surface area contributed by atoms with E-state index in [1.165, 1.54) is 23.1 Å². The van der Waals surface area contributed by atoms with Crippen molar-refractivity contribution in [2.45, 2.75) is 25.0 Å². The van der Waals surface area contributed by atoms with E-state index in [1.54, 1.807) is 6.08 Å². The predicted molar refractivity (Wildman–Crippen MR) is 145 cm³/mol. The number of benzene rings is 2. The van der Waals surface area contributed by atoms with E-state index in [2.05, 4.69) is 32.3 Å². The number of carbonyl (C=O) groups excluding carboxylic acids is 1. The number of nitrogens with zero attached hydrogens (tertiary/aromatic N) is 6. The molecule has 8 nitrogen and oxygen atoms in total. The Morgan fingerprint density at radius 3 is 2.67 bits per heavy atom. The number of thioether (sulfide) groups is 1. The zero-order valence-corrected chi connectivity index (χ0v) is 21.2. The fourth-order valence-corrected chi connectivity index (χ4v) is 5.18. The zero-order valence-electron chi connectivity index (χ0n) is 19.6. The Bertz CT molecular complexity index is 1530. The molecule has 0 aliphatic rings. The van der Waals surface area contributed by atoms with Crippen molar-refractivity contribution in [2.75, 3.05) is 11.1 Å². The molecule has 0 saturated heterocycles. The average molecular weight is 514 g/mol. The van der Waals surface area contributed by atoms with E-state index >= 15 is 0 Å². The number of rotatable bonds is 9. The molecule has 0 saturated carbocycles. The molecule has 5 rings (SSSR count). The first kappa shape index (κ1) is 23.8. The van der Waals surface area contributed by atoms with Crippen molar-refractivity contribution in [1.29, 1.82) is 0 Å². The SMILES string of the molecule is C=CCn1c(SCC(=O)Nc2nnc(CC)s2)nnc1-c1cc(-c2ccccc2)nc2ccccc12. The molecule has 36 heavy (non-hydrogen) atoms. The van der Waals surface area contributed by atoms with E-state index in [4.69, 9.17) is 4.98 Å². The van der Waals surface area contributed by atoms with Gasteiger partial charge in [0.2, 0.25) is 11.0 Å². The van der Waals surface area contributed by atoms with Crippen molar-refractivity contribution >= 4 is 45.0 Å². The van der Waals surface area contributed by atoms with Crippen LogP contribution >= 0.6 is 23.1 Å². The molecular weight excluding hydrogens is 490 g/mol. The molecular formula is C26H23N7OS2. The molecule has 180 valence electrons. The molecule has 0 unspecified atom stereocenters. The van der Waals surface area contributed by atoms with Gasteiger partial charge in [-0.05, 0) is 18.6 Å². The third-order valence-corrected chi connectivity index (χ3v) is 7.35. The number of nitrogens with one attached hydrogen (secondary N) is 1. The number of amides is 1. The summed E-state index contributed by atoms with van der Waals surface area (Å²) in [4.78, 5) is 17.4. The van der Waals surface area contributed by atoms with Gasteiger partial charge < -0.3 is 0 Å². The van der Waals surface area contributed by atoms with Gasteiger partial charge in [-0.25, -0.2) is 4.98 Å². The number of aromatic nitrogens is 6. The van der Waals surface area contributed by atoms with Crippen LogP contribution in [0, 0.1) is 0 Å². The molecule has 0 spiro atoms. The molecule has 0 fully saturated rings. The van der Waals surface area contributed by atoms with E-state index in [9.17, 15) is 4.79 Å². The lowest BCUT2D eigenvalue weighted by atomic mass is 10.0. The van der Waals surface area contributed by atoms with Crippen molar-refractivity contribution in [2.24, 2.45) is 0 Å². The maximum absolute atomic E-state index is 12.5. The normalized spacial score (nSPS) is 11.0. The Balaban J connectivity index is 1.47. The van der Waals surface area contributed by atoms with E-state index in [0.717, 1.165) is 39.2 Å². The van der Waals surface area contributed by atoms with Gasteiger partial charge in [0.1, 0.15) is 5.01 Å². The average Bonchev–Trinajstić information content (AvgIpc) is 3.54. The molecule has 1 N–H and O–H groups in total. The Morgan fingerprint density at radius 2 is 1.89 bits per heavy atom. The van der Waals surface area contributed by atoms with Crippen molar-refractivity contribution in [3.8, 4) is 22.6 Å². The number of carbonyl (C=O) groups is 1. The van der Waals surface area contributed by atoms with Gasteiger partial charge in [0.25, 0.3) is 0 Å². The summed E-state index contributed by atoms with van der Waals surface area (Å²) in [7, 11) is 0. The van der Waals surface area contributed by atoms with Crippen LogP contribution in [0.1, 0.15) is 11.9 Å². The first-order valence-corrected chi connectivity index (χ1v) is 13.2. The Labute approximate surface area is 216 Å². The molecule has 5 aromatic rings. The first-order chi connectivity index (χ1) is 17.7. The minimum Gasteiger partial charge on any atom is -0.300 e. The quantitative estimate of drug-likeness (QED) is 0.205. The molecule has 10 heteroatoms. The summed E-state index contributed by atoms with van der Waals surface area (Å²) in [5, 5.41) is 22.8. The second kappa shape index (κ2) is 10.8. The van der Waals surface area contributed by atoms with Crippen molar-refractivity contribution in [3.05, 3.63) is 78.3 Å². The summed E-state index contributed by atoms with van der Waals surface area (Å²) < 4.78 is 1.97. The van der Waals surface area contributed by atoms with Crippen LogP contribution in [-0.2, 0) is 17.8 Å². The maximum atomic E-state index is 12.5. The molecule has 1 amide bonds. The molecule has 0 bridgehead atoms. The van der Waals surface area contributed by atoms with E-state index in [1.807, 2.05) is 72.2 Å². The topological polar surface area (TPSA) is 98.5 Å². The highest BCUT2D eigenvalue weighted by atomic mass is 32.2. The summed E-state index contributed by atoms with van der Waals surface area (Å²) in [6.45, 7) is 6.41. The summed E-state index contributed by atoms with van der Waals surface area (Å²) in [6, 6.07) is 20.1. The van der Waals surface area contributed by atoms with Gasteiger partial charge in [-0.1, -0.05) is 84.6 Å². The number of anilines is 1. The number of aryl methyl sites for hydroxylation is 1. The van der Waals surface area contributed by atoms with Gasteiger partial charge in [-0.3, -0.25) is 14.7 Å². The number of hydrogen-bond acceptors (Lipinski definition) is 8. The highest BCUT2D eigenvalue weighted by Gasteiger charge is 2.19. The standard InChI is InChI=1S/C26H23N7OS2/c1-3-14-33-24(30-32-26(33)35-16-22(34)28-25-31-29-23(4-2)36-25)19-15-21(17-10-6-5-7-11-17)27-20-13-9-8-12-18(19)20/h3,5-13,15H,1,4,14,16H2,2H3,(H,28,31,34). The van der Waals surface area contributed by atoms with Gasteiger partial charge in [-0.15, -0.1) is 27.0 Å². The van der Waals surface area contributed by atoms with Crippen molar-refractivity contribution < 1.29 is 4.79 Å². The van der Waals surface area contributed by atoms with E-state index < -0.39 is 0 Å². The van der Waals surface area contributed by atoms with Gasteiger partial charge in [-0.2, -0.15) is 0 Å². The molecule has 0 aliphatic carbocycles. The Morgan fingerprint density at radius 1 is 1.08 bits per heavy atom. The number of pyridine rings is 1. The molecule has 3 heterocycles. The third kappa shape index (κ3) is 5.05. The second-order valence-corrected chi connectivity index (χ2v) is 9.84. The fourth-order valence-electron chi connectivity index (χ4n) is 3.74. The summed E-state index contributed by atoms with van der Waals surface area (Å²) >= 11 is 2.70. The first-order valence-electron chi connectivity index (χ1n) is 11.4. The van der Waals surface area contributed by atoms with Gasteiger partial charge in [0, 0.05) is 23.1 Å². The van der Waals surface area contributed by atoms with E-state index in [-0.39, 0.29) is 11.7 Å². The smallest absolute Gasteiger partial charge is 0.236 e. The monoisotopic (exact) mass is 513 g/mol. The van der Waals surface area contributed by atoms with Crippen LogP contribution in [0.3, 0.4) is 0 Å². The fraction of sp³-hybridized carbons (Fsp3) is 0.154. The molecule has 2 aromatic carbocycles. The Hall–Kier alpha value is -3.89. The van der Waals surface area contributed by atoms with Gasteiger partial charge >= 0.3 is 0 Å². The number of allylic oxidation sites excluding steroid dienone is 1. The van der Waals surface area contributed by atoms with E-state index in [0.29, 0.717) is 22.7 Å². The third-order valence-electron chi connectivity index (χ3n) is 5.40. The highest BCUT2D eigenvalue weighted by molar-refractivity contribution is 7.99. The van der Waals surface area contributed by atoms with Gasteiger partial charge in [0.15, 0.2) is 11.0 Å². The molecule has 0 radical (unpaired) electrons. The lowest BCUT2D eigenvalue weighted by Crippen LogP contribution is -2.14. The van der Waals surface area contributed by atoms with Gasteiger partial charge in [0.05, 0.1) is 17.0 Å². The largest absolute Gasteiger partial charge is 0.300 e. The lowest BCUT2D eigenvalue weighted by molar-refractivity contribution is -0.113. The number of hydrogen-bond donors (Lipinski definition) is 1. The van der Waals surface area contributed by atoms with Crippen LogP contribution in [0.5, 0.6) is 0 Å². The van der Waals surface area contributed by atoms with Crippen LogP contribution in [-0.4, -0.2) is 41.6 Å². The van der Waals surface area contributed by atoms with Crippen LogP contribution < -0.4 is 5.32 Å². The maximum Gasteiger partial charge on any atom is 0.236 e. The minimum atomic E-state index is -0.172. The predicted octanol–water partition coefficient (Wildman–Crippen LogP) is 5.49. The van der Waals surface area contributed by atoms with Crippen LogP contribution in [0.25, 0.3) is 33.5 Å². The minimum absolute atomic E-state index is 0.169. The van der Waals surface area contributed by atoms with Crippen LogP contribution in [0.4, 0.5) is 5.13 Å². The van der Waals surface area contributed by atoms with Crippen LogP contribution in [0.15, 0.2) is 78.5 Å². The molecule has 0 aliphatic heterocycles. The summed E-state index contributed by atoms with van der Waals surface area (Å²) in [5.74, 6) is 0.697. The molecule has 3 aromatic heterocycles. The second-order valence-electron chi connectivity index (χ2n) is 7.84. The zero-order chi connectivity index (χ0) is 24.9. The van der Waals surface area contributed by atoms with Crippen molar-refractivity contribution in [1.82, 2.24) is 29.9 Å². The van der Waals surface area contributed by atoms with Crippen molar-refractivity contribution in [3.63, 3.8) is 0 Å². The number of fused-ring (bicyclic) bond motifs is 1. The lowest BCUT2D eigenvalue weighted by Gasteiger charge is -2.12. The highest BCUT2D eigenvalue weighted by Crippen LogP contribution is 2.33. The summed E-state index contributed by atoms with van der Waals surface area (Å²) in [5.41, 5.74) is 3.67. The van der Waals surface area contributed by atoms with Crippen LogP contribution in [0.2, 0.25) is 0 Å². The Kier molecular flexibility index (Phi) is 7.15. The summed E-state index contributed by atoms with van der Waals surface area (Å²) in [6.07, 6.45) is 2.58.